The van der Waals surface area contributed by atoms with E-state index in [4.69, 9.17) is 22.9 Å². The van der Waals surface area contributed by atoms with E-state index in [1.165, 1.54) is 4.90 Å². The highest BCUT2D eigenvalue weighted by atomic mass is 16.2. The quantitative estimate of drug-likeness (QED) is 0.480. The topological polar surface area (TPSA) is 145 Å². The summed E-state index contributed by atoms with van der Waals surface area (Å²) in [5.41, 5.74) is 23.2. The lowest BCUT2D eigenvalue weighted by atomic mass is 10.0. The van der Waals surface area contributed by atoms with Crippen molar-refractivity contribution in [2.45, 2.75) is 45.3 Å². The lowest BCUT2D eigenvalue weighted by molar-refractivity contribution is -0.131. The summed E-state index contributed by atoms with van der Waals surface area (Å²) in [5, 5.41) is 0. The number of benzene rings is 1. The zero-order chi connectivity index (χ0) is 20.4. The zero-order valence-electron chi connectivity index (χ0n) is 16.5. The van der Waals surface area contributed by atoms with E-state index in [2.05, 4.69) is 0 Å². The molecule has 8 N–H and O–H groups in total. The highest BCUT2D eigenvalue weighted by Crippen LogP contribution is 2.27. The Hall–Kier alpha value is -2.00. The van der Waals surface area contributed by atoms with Crippen LogP contribution in [0.25, 0.3) is 0 Å². The van der Waals surface area contributed by atoms with Crippen LogP contribution in [0, 0.1) is 0 Å². The minimum atomic E-state index is -0.763. The summed E-state index contributed by atoms with van der Waals surface area (Å²) in [5.74, 6) is -0.145. The molecule has 0 unspecified atom stereocenters. The number of hydrogen-bond donors (Lipinski definition) is 4. The molecule has 1 saturated heterocycles. The lowest BCUT2D eigenvalue weighted by Crippen LogP contribution is -2.45. The van der Waals surface area contributed by atoms with Gasteiger partial charge in [0.1, 0.15) is 5.54 Å². The van der Waals surface area contributed by atoms with Crippen molar-refractivity contribution in [3.05, 3.63) is 35.4 Å². The molecule has 27 heavy (non-hydrogen) atoms. The van der Waals surface area contributed by atoms with Gasteiger partial charge in [0.05, 0.1) is 0 Å². The largest absolute Gasteiger partial charge is 0.330 e. The van der Waals surface area contributed by atoms with Crippen molar-refractivity contribution in [3.8, 4) is 0 Å². The second-order valence-corrected chi connectivity index (χ2v) is 6.96. The molecule has 2 rings (SSSR count). The van der Waals surface area contributed by atoms with E-state index < -0.39 is 5.54 Å². The summed E-state index contributed by atoms with van der Waals surface area (Å²) in [6.45, 7) is 6.65. The molecule has 8 heteroatoms. The Kier molecular flexibility index (Phi) is 9.37. The van der Waals surface area contributed by atoms with Crippen LogP contribution in [0.1, 0.15) is 37.8 Å². The molecule has 1 aromatic rings. The van der Waals surface area contributed by atoms with Crippen molar-refractivity contribution in [2.75, 3.05) is 26.2 Å². The molecule has 152 valence electrons. The van der Waals surface area contributed by atoms with E-state index in [1.807, 2.05) is 24.3 Å². The molecule has 3 amide bonds. The van der Waals surface area contributed by atoms with Gasteiger partial charge in [-0.05, 0) is 50.9 Å². The van der Waals surface area contributed by atoms with E-state index in [0.29, 0.717) is 52.1 Å². The summed E-state index contributed by atoms with van der Waals surface area (Å²) in [6, 6.07) is 7.79. The molecule has 0 aromatic heterocycles. The second kappa shape index (κ2) is 11.0. The van der Waals surface area contributed by atoms with Crippen molar-refractivity contribution in [2.24, 2.45) is 22.9 Å². The predicted molar refractivity (Wildman–Crippen MR) is 107 cm³/mol. The molecule has 0 bridgehead atoms. The Morgan fingerprint density at radius 3 is 1.67 bits per heavy atom. The van der Waals surface area contributed by atoms with Crippen LogP contribution in [0.2, 0.25) is 0 Å². The van der Waals surface area contributed by atoms with Crippen LogP contribution in [-0.4, -0.2) is 53.5 Å². The molecule has 0 spiro atoms. The standard InChI is InChI=1S/C11H22N4O2.C8H12N2/c1-11(2)9(16)14(7-3-5-12)10(17)15(11)8-4-6-13;9-5-7-1-2-8(6-10)4-3-7/h3-8,12-13H2,1-2H3;1-4H,5-6,9-10H2. The first kappa shape index (κ1) is 23.0. The number of imide groups is 1. The minimum Gasteiger partial charge on any atom is -0.330 e. The normalized spacial score (nSPS) is 15.8. The molecule has 1 aliphatic heterocycles. The smallest absolute Gasteiger partial charge is 0.327 e. The number of amides is 3. The number of carbonyl (C=O) groups excluding carboxylic acids is 2. The van der Waals surface area contributed by atoms with Gasteiger partial charge in [0.15, 0.2) is 0 Å². The molecule has 1 fully saturated rings. The van der Waals surface area contributed by atoms with Crippen molar-refractivity contribution >= 4 is 11.9 Å². The van der Waals surface area contributed by atoms with Gasteiger partial charge in [-0.15, -0.1) is 0 Å². The summed E-state index contributed by atoms with van der Waals surface area (Å²) < 4.78 is 0. The summed E-state index contributed by atoms with van der Waals surface area (Å²) >= 11 is 0. The fourth-order valence-electron chi connectivity index (χ4n) is 2.80. The molecule has 0 radical (unpaired) electrons. The third kappa shape index (κ3) is 6.00. The molecule has 1 aliphatic rings. The Bertz CT molecular complexity index is 580. The lowest BCUT2D eigenvalue weighted by Gasteiger charge is -2.27. The van der Waals surface area contributed by atoms with E-state index in [-0.39, 0.29) is 11.9 Å². The molecular weight excluding hydrogens is 344 g/mol. The fourth-order valence-corrected chi connectivity index (χ4v) is 2.80. The Morgan fingerprint density at radius 2 is 1.26 bits per heavy atom. The van der Waals surface area contributed by atoms with Crippen molar-refractivity contribution in [3.63, 3.8) is 0 Å². The average Bonchev–Trinajstić information content (AvgIpc) is 2.84. The summed E-state index contributed by atoms with van der Waals surface area (Å²) in [4.78, 5) is 27.1. The first-order valence-corrected chi connectivity index (χ1v) is 9.35. The van der Waals surface area contributed by atoms with Crippen LogP contribution in [0.3, 0.4) is 0 Å². The van der Waals surface area contributed by atoms with Crippen LogP contribution < -0.4 is 22.9 Å². The Labute approximate surface area is 161 Å². The maximum absolute atomic E-state index is 12.1. The summed E-state index contributed by atoms with van der Waals surface area (Å²) in [6.07, 6.45) is 1.34. The van der Waals surface area contributed by atoms with E-state index in [9.17, 15) is 9.59 Å². The number of carbonyl (C=O) groups is 2. The van der Waals surface area contributed by atoms with Crippen LogP contribution in [0.5, 0.6) is 0 Å². The van der Waals surface area contributed by atoms with Crippen molar-refractivity contribution in [1.82, 2.24) is 9.80 Å². The number of urea groups is 1. The van der Waals surface area contributed by atoms with Gasteiger partial charge in [-0.2, -0.15) is 0 Å². The van der Waals surface area contributed by atoms with Crippen LogP contribution in [0.4, 0.5) is 4.79 Å². The monoisotopic (exact) mass is 378 g/mol. The summed E-state index contributed by atoms with van der Waals surface area (Å²) in [7, 11) is 0. The van der Waals surface area contributed by atoms with Gasteiger partial charge in [0.25, 0.3) is 5.91 Å². The Morgan fingerprint density at radius 1 is 0.815 bits per heavy atom. The van der Waals surface area contributed by atoms with Crippen LogP contribution >= 0.6 is 0 Å². The zero-order valence-corrected chi connectivity index (χ0v) is 16.5. The minimum absolute atomic E-state index is 0.145. The van der Waals surface area contributed by atoms with Crippen molar-refractivity contribution in [1.29, 1.82) is 0 Å². The average molecular weight is 379 g/mol. The molecule has 1 aromatic carbocycles. The van der Waals surface area contributed by atoms with Gasteiger partial charge < -0.3 is 27.8 Å². The highest BCUT2D eigenvalue weighted by Gasteiger charge is 2.50. The molecule has 0 saturated carbocycles. The van der Waals surface area contributed by atoms with Crippen LogP contribution in [0.15, 0.2) is 24.3 Å². The first-order valence-electron chi connectivity index (χ1n) is 9.35. The number of hydrogen-bond acceptors (Lipinski definition) is 6. The van der Waals surface area contributed by atoms with Crippen molar-refractivity contribution < 1.29 is 9.59 Å². The number of rotatable bonds is 8. The second-order valence-electron chi connectivity index (χ2n) is 6.96. The first-order chi connectivity index (χ1) is 12.8. The van der Waals surface area contributed by atoms with Gasteiger partial charge in [0.2, 0.25) is 0 Å². The van der Waals surface area contributed by atoms with Gasteiger partial charge >= 0.3 is 6.03 Å². The molecular formula is C19H34N6O2. The van der Waals surface area contributed by atoms with Gasteiger partial charge in [-0.1, -0.05) is 24.3 Å². The molecule has 0 atom stereocenters. The van der Waals surface area contributed by atoms with Gasteiger partial charge in [0, 0.05) is 26.2 Å². The Balaban J connectivity index is 0.000000309. The van der Waals surface area contributed by atoms with Gasteiger partial charge in [-0.25, -0.2) is 4.79 Å². The van der Waals surface area contributed by atoms with E-state index >= 15 is 0 Å². The predicted octanol–water partition coefficient (Wildman–Crippen LogP) is 0.331. The molecule has 1 heterocycles. The van der Waals surface area contributed by atoms with E-state index in [0.717, 1.165) is 11.1 Å². The molecule has 8 nitrogen and oxygen atoms in total. The highest BCUT2D eigenvalue weighted by molar-refractivity contribution is 6.06. The number of nitrogens with two attached hydrogens (primary N) is 4. The fraction of sp³-hybridized carbons (Fsp3) is 0.579. The molecule has 0 aliphatic carbocycles. The van der Waals surface area contributed by atoms with Crippen LogP contribution in [-0.2, 0) is 17.9 Å². The number of nitrogens with zero attached hydrogens (tertiary/aromatic N) is 2. The SMILES string of the molecule is CC1(C)C(=O)N(CCCN)C(=O)N1CCCN.NCc1ccc(CN)cc1. The van der Waals surface area contributed by atoms with Gasteiger partial charge in [-0.3, -0.25) is 9.69 Å². The maximum atomic E-state index is 12.1. The maximum Gasteiger partial charge on any atom is 0.327 e. The van der Waals surface area contributed by atoms with E-state index in [1.54, 1.807) is 18.7 Å². The third-order valence-corrected chi connectivity index (χ3v) is 4.57. The third-order valence-electron chi connectivity index (χ3n) is 4.57.